The summed E-state index contributed by atoms with van der Waals surface area (Å²) in [5.74, 6) is -0.452. The molecule has 2 aromatic rings. The van der Waals surface area contributed by atoms with Gasteiger partial charge in [-0.2, -0.15) is 0 Å². The Morgan fingerprint density at radius 2 is 2.00 bits per heavy atom. The van der Waals surface area contributed by atoms with Gasteiger partial charge in [0.1, 0.15) is 5.01 Å². The quantitative estimate of drug-likeness (QED) is 0.762. The Morgan fingerprint density at radius 3 is 2.65 bits per heavy atom. The average molecular weight is 247 g/mol. The molecule has 1 aromatic carbocycles. The monoisotopic (exact) mass is 247 g/mol. The van der Waals surface area contributed by atoms with Gasteiger partial charge in [0, 0.05) is 12.5 Å². The van der Waals surface area contributed by atoms with E-state index in [4.69, 9.17) is 4.74 Å². The molecular formula is C12H9NO3S. The first-order chi connectivity index (χ1) is 8.15. The summed E-state index contributed by atoms with van der Waals surface area (Å²) in [5, 5.41) is 0.536. The summed E-state index contributed by atoms with van der Waals surface area (Å²) in [4.78, 5) is 26.4. The summed E-state index contributed by atoms with van der Waals surface area (Å²) in [6.45, 7) is 1.27. The molecule has 4 nitrogen and oxygen atoms in total. The third-order valence-corrected chi connectivity index (χ3v) is 2.76. The van der Waals surface area contributed by atoms with Crippen molar-refractivity contribution in [2.45, 2.75) is 6.92 Å². The molecule has 1 heterocycles. The van der Waals surface area contributed by atoms with Gasteiger partial charge in [0.15, 0.2) is 0 Å². The molecule has 86 valence electrons. The maximum absolute atomic E-state index is 11.5. The molecule has 0 saturated heterocycles. The summed E-state index contributed by atoms with van der Waals surface area (Å²) in [6, 6.07) is 10.5. The molecule has 0 amide bonds. The number of ether oxygens (including phenoxy) is 1. The molecule has 0 radical (unpaired) electrons. The van der Waals surface area contributed by atoms with E-state index >= 15 is 0 Å². The molecule has 0 aliphatic rings. The lowest BCUT2D eigenvalue weighted by molar-refractivity contribution is -0.132. The van der Waals surface area contributed by atoms with Crippen molar-refractivity contribution in [3.63, 3.8) is 0 Å². The Bertz CT molecular complexity index is 592. The van der Waals surface area contributed by atoms with E-state index in [1.54, 1.807) is 0 Å². The molecule has 0 saturated carbocycles. The van der Waals surface area contributed by atoms with E-state index in [1.165, 1.54) is 13.0 Å². The standard InChI is InChI=1S/C12H9NO3S/c1-8(14)16-10-7-11(15)17-12(13-10)9-5-3-2-4-6-9/h2-7H,1H3. The number of carbonyl (C=O) groups excluding carboxylic acids is 1. The zero-order valence-corrected chi connectivity index (χ0v) is 9.86. The first-order valence-corrected chi connectivity index (χ1v) is 5.73. The fourth-order valence-corrected chi connectivity index (χ4v) is 2.02. The Kier molecular flexibility index (Phi) is 3.30. The van der Waals surface area contributed by atoms with Gasteiger partial charge in [-0.15, -0.1) is 0 Å². The Hall–Kier alpha value is -2.01. The number of nitrogens with zero attached hydrogens (tertiary/aromatic N) is 1. The summed E-state index contributed by atoms with van der Waals surface area (Å²) >= 11 is 1.01. The second-order valence-electron chi connectivity index (χ2n) is 3.28. The molecule has 5 heteroatoms. The highest BCUT2D eigenvalue weighted by molar-refractivity contribution is 7.12. The average Bonchev–Trinajstić information content (AvgIpc) is 2.28. The van der Waals surface area contributed by atoms with Crippen LogP contribution in [-0.4, -0.2) is 11.0 Å². The van der Waals surface area contributed by atoms with Gasteiger partial charge in [0.2, 0.25) is 10.6 Å². The predicted molar refractivity (Wildman–Crippen MR) is 65.1 cm³/mol. The molecule has 17 heavy (non-hydrogen) atoms. The third-order valence-electron chi connectivity index (χ3n) is 1.92. The van der Waals surface area contributed by atoms with Gasteiger partial charge in [0.25, 0.3) is 0 Å². The van der Waals surface area contributed by atoms with Crippen LogP contribution in [0.4, 0.5) is 0 Å². The van der Waals surface area contributed by atoms with Crippen LogP contribution < -0.4 is 9.48 Å². The van der Waals surface area contributed by atoms with Gasteiger partial charge in [-0.1, -0.05) is 41.7 Å². The Balaban J connectivity index is 2.45. The van der Waals surface area contributed by atoms with E-state index in [-0.39, 0.29) is 10.6 Å². The highest BCUT2D eigenvalue weighted by atomic mass is 32.1. The Labute approximate surface area is 102 Å². The van der Waals surface area contributed by atoms with Crippen LogP contribution in [0.1, 0.15) is 6.92 Å². The lowest BCUT2D eigenvalue weighted by Gasteiger charge is -2.02. The number of hydrogen-bond donors (Lipinski definition) is 0. The molecule has 0 N–H and O–H groups in total. The second kappa shape index (κ2) is 4.88. The highest BCUT2D eigenvalue weighted by Gasteiger charge is 2.06. The van der Waals surface area contributed by atoms with Crippen molar-refractivity contribution in [2.24, 2.45) is 0 Å². The van der Waals surface area contributed by atoms with Crippen LogP contribution in [0, 0.1) is 0 Å². The summed E-state index contributed by atoms with van der Waals surface area (Å²) < 4.78 is 4.61. The van der Waals surface area contributed by atoms with E-state index in [1.807, 2.05) is 30.3 Å². The molecule has 0 aliphatic heterocycles. The maximum Gasteiger partial charge on any atom is 0.309 e. The first kappa shape index (κ1) is 11.5. The smallest absolute Gasteiger partial charge is 0.309 e. The number of benzene rings is 1. The van der Waals surface area contributed by atoms with Crippen molar-refractivity contribution in [1.82, 2.24) is 4.98 Å². The number of aromatic nitrogens is 1. The first-order valence-electron chi connectivity index (χ1n) is 4.91. The van der Waals surface area contributed by atoms with Crippen molar-refractivity contribution in [2.75, 3.05) is 0 Å². The molecule has 1 aromatic heterocycles. The maximum atomic E-state index is 11.5. The van der Waals surface area contributed by atoms with Crippen molar-refractivity contribution in [3.8, 4) is 16.5 Å². The molecule has 0 unspecified atom stereocenters. The van der Waals surface area contributed by atoms with E-state index in [0.717, 1.165) is 16.9 Å². The zero-order valence-electron chi connectivity index (χ0n) is 9.04. The van der Waals surface area contributed by atoms with E-state index in [0.29, 0.717) is 5.01 Å². The predicted octanol–water partition coefficient (Wildman–Crippen LogP) is 2.10. The molecule has 0 bridgehead atoms. The summed E-state index contributed by atoms with van der Waals surface area (Å²) in [5.41, 5.74) is 0.823. The van der Waals surface area contributed by atoms with Gasteiger partial charge >= 0.3 is 5.97 Å². The lowest BCUT2D eigenvalue weighted by Crippen LogP contribution is -2.06. The zero-order chi connectivity index (χ0) is 12.3. The topological polar surface area (TPSA) is 56.3 Å². The summed E-state index contributed by atoms with van der Waals surface area (Å²) in [7, 11) is 0. The SMILES string of the molecule is CC(=O)Oc1cc(=O)sc(-c2ccccc2)n1. The molecule has 0 aliphatic carbocycles. The molecule has 2 rings (SSSR count). The van der Waals surface area contributed by atoms with Gasteiger partial charge in [-0.05, 0) is 0 Å². The van der Waals surface area contributed by atoms with E-state index in [9.17, 15) is 9.59 Å². The fourth-order valence-electron chi connectivity index (χ4n) is 1.28. The van der Waals surface area contributed by atoms with Crippen LogP contribution in [-0.2, 0) is 4.79 Å². The number of rotatable bonds is 2. The third kappa shape index (κ3) is 2.98. The van der Waals surface area contributed by atoms with Crippen LogP contribution in [0.15, 0.2) is 41.2 Å². The molecule has 0 spiro atoms. The van der Waals surface area contributed by atoms with Gasteiger partial charge in [0.05, 0.1) is 6.07 Å². The minimum absolute atomic E-state index is 0.0418. The second-order valence-corrected chi connectivity index (χ2v) is 4.27. The number of esters is 1. The van der Waals surface area contributed by atoms with Crippen LogP contribution >= 0.6 is 11.3 Å². The van der Waals surface area contributed by atoms with Gasteiger partial charge < -0.3 is 4.74 Å². The van der Waals surface area contributed by atoms with Crippen molar-refractivity contribution in [1.29, 1.82) is 0 Å². The van der Waals surface area contributed by atoms with Crippen molar-refractivity contribution >= 4 is 17.3 Å². The van der Waals surface area contributed by atoms with Crippen LogP contribution in [0.3, 0.4) is 0 Å². The normalized spacial score (nSPS) is 9.94. The molecule has 0 fully saturated rings. The summed E-state index contributed by atoms with van der Waals surface area (Å²) in [6.07, 6.45) is 0. The number of hydrogen-bond acceptors (Lipinski definition) is 5. The minimum Gasteiger partial charge on any atom is -0.407 e. The van der Waals surface area contributed by atoms with Crippen molar-refractivity contribution in [3.05, 3.63) is 45.9 Å². The Morgan fingerprint density at radius 1 is 1.29 bits per heavy atom. The minimum atomic E-state index is -0.493. The van der Waals surface area contributed by atoms with Gasteiger partial charge in [-0.3, -0.25) is 9.59 Å². The highest BCUT2D eigenvalue weighted by Crippen LogP contribution is 2.21. The van der Waals surface area contributed by atoms with Crippen LogP contribution in [0.2, 0.25) is 0 Å². The molecular weight excluding hydrogens is 238 g/mol. The van der Waals surface area contributed by atoms with Gasteiger partial charge in [-0.25, -0.2) is 4.98 Å². The number of carbonyl (C=O) groups is 1. The van der Waals surface area contributed by atoms with E-state index in [2.05, 4.69) is 4.98 Å². The van der Waals surface area contributed by atoms with Crippen LogP contribution in [0.5, 0.6) is 5.88 Å². The fraction of sp³-hybridized carbons (Fsp3) is 0.0833. The van der Waals surface area contributed by atoms with E-state index < -0.39 is 5.97 Å². The molecule has 0 atom stereocenters. The lowest BCUT2D eigenvalue weighted by atomic mass is 10.2. The largest absolute Gasteiger partial charge is 0.407 e. The van der Waals surface area contributed by atoms with Crippen molar-refractivity contribution < 1.29 is 9.53 Å². The van der Waals surface area contributed by atoms with Crippen LogP contribution in [0.25, 0.3) is 10.6 Å².